The van der Waals surface area contributed by atoms with Gasteiger partial charge in [-0.15, -0.1) is 0 Å². The summed E-state index contributed by atoms with van der Waals surface area (Å²) >= 11 is 3.31. The summed E-state index contributed by atoms with van der Waals surface area (Å²) in [5, 5.41) is 23.7. The first-order valence-electron chi connectivity index (χ1n) is 7.36. The van der Waals surface area contributed by atoms with Crippen molar-refractivity contribution < 1.29 is 10.0 Å². The van der Waals surface area contributed by atoms with Crippen LogP contribution in [0.2, 0.25) is 0 Å². The number of aliphatic hydroxyl groups is 1. The minimum Gasteiger partial charge on any atom is -0.396 e. The minimum atomic E-state index is -0.378. The molecule has 2 unspecified atom stereocenters. The van der Waals surface area contributed by atoms with Gasteiger partial charge in [-0.1, -0.05) is 25.0 Å². The lowest BCUT2D eigenvalue weighted by molar-refractivity contribution is -0.385. The molecule has 0 radical (unpaired) electrons. The van der Waals surface area contributed by atoms with Crippen LogP contribution in [-0.4, -0.2) is 23.2 Å². The molecule has 2 rings (SSSR count). The minimum absolute atomic E-state index is 0.0974. The summed E-state index contributed by atoms with van der Waals surface area (Å²) in [6.45, 7) is 1.70. The third-order valence-corrected chi connectivity index (χ3v) is 5.19. The largest absolute Gasteiger partial charge is 0.396 e. The van der Waals surface area contributed by atoms with Crippen LogP contribution in [0.1, 0.15) is 31.2 Å². The lowest BCUT2D eigenvalue weighted by atomic mass is 9.79. The maximum absolute atomic E-state index is 10.9. The molecule has 0 amide bonds. The second kappa shape index (κ2) is 7.87. The van der Waals surface area contributed by atoms with Crippen molar-refractivity contribution >= 4 is 21.6 Å². The molecule has 0 spiro atoms. The van der Waals surface area contributed by atoms with Crippen LogP contribution in [0, 0.1) is 22.0 Å². The second-order valence-corrected chi connectivity index (χ2v) is 6.42. The van der Waals surface area contributed by atoms with E-state index in [0.29, 0.717) is 22.9 Å². The van der Waals surface area contributed by atoms with Gasteiger partial charge in [-0.25, -0.2) is 0 Å². The van der Waals surface area contributed by atoms with Gasteiger partial charge in [0.05, 0.1) is 9.40 Å². The maximum atomic E-state index is 10.9. The van der Waals surface area contributed by atoms with Crippen LogP contribution >= 0.6 is 15.9 Å². The lowest BCUT2D eigenvalue weighted by Gasteiger charge is -2.30. The van der Waals surface area contributed by atoms with Gasteiger partial charge in [-0.3, -0.25) is 10.1 Å². The molecular formula is C15H21BrN2O3. The third kappa shape index (κ3) is 4.25. The van der Waals surface area contributed by atoms with Crippen molar-refractivity contribution in [2.75, 3.05) is 13.2 Å². The molecule has 1 fully saturated rings. The van der Waals surface area contributed by atoms with Gasteiger partial charge in [0.15, 0.2) is 0 Å². The number of hydrogen-bond acceptors (Lipinski definition) is 4. The molecule has 0 heterocycles. The smallest absolute Gasteiger partial charge is 0.283 e. The fourth-order valence-corrected chi connectivity index (χ4v) is 3.58. The molecular weight excluding hydrogens is 336 g/mol. The van der Waals surface area contributed by atoms with Crippen LogP contribution in [-0.2, 0) is 6.54 Å². The number of rotatable bonds is 6. The van der Waals surface area contributed by atoms with E-state index in [0.717, 1.165) is 24.9 Å². The van der Waals surface area contributed by atoms with Crippen molar-refractivity contribution in [3.63, 3.8) is 0 Å². The first-order valence-corrected chi connectivity index (χ1v) is 8.16. The summed E-state index contributed by atoms with van der Waals surface area (Å²) in [5.74, 6) is 0.890. The van der Waals surface area contributed by atoms with E-state index >= 15 is 0 Å². The Morgan fingerprint density at radius 2 is 2.05 bits per heavy atom. The highest BCUT2D eigenvalue weighted by atomic mass is 79.9. The fourth-order valence-electron chi connectivity index (χ4n) is 3.03. The SMILES string of the molecule is O=[N+]([O-])c1cccc(CNCC2CCCCC2CO)c1Br. The van der Waals surface area contributed by atoms with Crippen LogP contribution in [0.25, 0.3) is 0 Å². The summed E-state index contributed by atoms with van der Waals surface area (Å²) in [5.41, 5.74) is 0.987. The highest BCUT2D eigenvalue weighted by molar-refractivity contribution is 9.10. The topological polar surface area (TPSA) is 75.4 Å². The Morgan fingerprint density at radius 1 is 1.33 bits per heavy atom. The number of nitrogens with one attached hydrogen (secondary N) is 1. The number of nitrogens with zero attached hydrogens (tertiary/aromatic N) is 1. The number of aliphatic hydroxyl groups excluding tert-OH is 1. The zero-order valence-corrected chi connectivity index (χ0v) is 13.5. The van der Waals surface area contributed by atoms with Gasteiger partial charge >= 0.3 is 0 Å². The molecule has 0 bridgehead atoms. The molecule has 116 valence electrons. The van der Waals surface area contributed by atoms with Crippen LogP contribution in [0.5, 0.6) is 0 Å². The standard InChI is InChI=1S/C15H21BrN2O3/c16-15-12(6-3-7-14(15)18(20)21)9-17-8-11-4-1-2-5-13(11)10-19/h3,6-7,11,13,17,19H,1-2,4-5,8-10H2. The summed E-state index contributed by atoms with van der Waals surface area (Å²) in [6, 6.07) is 5.09. The molecule has 1 aliphatic rings. The molecule has 0 aromatic heterocycles. The predicted octanol–water partition coefficient (Wildman–Crippen LogP) is 3.25. The lowest BCUT2D eigenvalue weighted by Crippen LogP contribution is -2.32. The predicted molar refractivity (Wildman–Crippen MR) is 85.0 cm³/mol. The summed E-state index contributed by atoms with van der Waals surface area (Å²) in [6.07, 6.45) is 4.68. The molecule has 1 aliphatic carbocycles. The van der Waals surface area contributed by atoms with E-state index in [2.05, 4.69) is 21.2 Å². The Hall–Kier alpha value is -0.980. The van der Waals surface area contributed by atoms with E-state index in [9.17, 15) is 15.2 Å². The highest BCUT2D eigenvalue weighted by Gasteiger charge is 2.24. The van der Waals surface area contributed by atoms with Gasteiger partial charge in [0.2, 0.25) is 0 Å². The Morgan fingerprint density at radius 3 is 2.71 bits per heavy atom. The molecule has 0 saturated heterocycles. The van der Waals surface area contributed by atoms with Crippen LogP contribution in [0.4, 0.5) is 5.69 Å². The van der Waals surface area contributed by atoms with Crippen molar-refractivity contribution in [1.29, 1.82) is 0 Å². The average molecular weight is 357 g/mol. The summed E-state index contributed by atoms with van der Waals surface area (Å²) < 4.78 is 0.546. The molecule has 1 saturated carbocycles. The number of halogens is 1. The molecule has 1 aromatic rings. The van der Waals surface area contributed by atoms with Gasteiger partial charge < -0.3 is 10.4 Å². The number of nitro benzene ring substituents is 1. The monoisotopic (exact) mass is 356 g/mol. The molecule has 2 atom stereocenters. The van der Waals surface area contributed by atoms with Gasteiger partial charge in [-0.2, -0.15) is 0 Å². The van der Waals surface area contributed by atoms with E-state index in [1.54, 1.807) is 6.07 Å². The Bertz CT molecular complexity index is 496. The van der Waals surface area contributed by atoms with Gasteiger partial charge in [0.1, 0.15) is 0 Å². The normalized spacial score (nSPS) is 22.2. The Labute approximate surface area is 133 Å². The Kier molecular flexibility index (Phi) is 6.14. The Balaban J connectivity index is 1.91. The summed E-state index contributed by atoms with van der Waals surface area (Å²) in [7, 11) is 0. The molecule has 2 N–H and O–H groups in total. The van der Waals surface area contributed by atoms with Crippen molar-refractivity contribution in [3.05, 3.63) is 38.3 Å². The van der Waals surface area contributed by atoms with E-state index in [1.165, 1.54) is 18.9 Å². The molecule has 5 nitrogen and oxygen atoms in total. The fraction of sp³-hybridized carbons (Fsp3) is 0.600. The molecule has 21 heavy (non-hydrogen) atoms. The van der Waals surface area contributed by atoms with Crippen molar-refractivity contribution in [2.45, 2.75) is 32.2 Å². The zero-order chi connectivity index (χ0) is 15.2. The van der Waals surface area contributed by atoms with Crippen molar-refractivity contribution in [2.24, 2.45) is 11.8 Å². The highest BCUT2D eigenvalue weighted by Crippen LogP contribution is 2.30. The van der Waals surface area contributed by atoms with E-state index in [4.69, 9.17) is 0 Å². The van der Waals surface area contributed by atoms with Crippen molar-refractivity contribution in [1.82, 2.24) is 5.32 Å². The zero-order valence-electron chi connectivity index (χ0n) is 11.9. The van der Waals surface area contributed by atoms with Crippen molar-refractivity contribution in [3.8, 4) is 0 Å². The number of benzene rings is 1. The summed E-state index contributed by atoms with van der Waals surface area (Å²) in [4.78, 5) is 10.5. The average Bonchev–Trinajstić information content (AvgIpc) is 2.49. The van der Waals surface area contributed by atoms with Gasteiger partial charge in [0, 0.05) is 19.2 Å². The van der Waals surface area contributed by atoms with Gasteiger partial charge in [0.25, 0.3) is 5.69 Å². The quantitative estimate of drug-likeness (QED) is 0.605. The van der Waals surface area contributed by atoms with E-state index in [-0.39, 0.29) is 17.2 Å². The first kappa shape index (κ1) is 16.4. The van der Waals surface area contributed by atoms with Crippen LogP contribution in [0.3, 0.4) is 0 Å². The van der Waals surface area contributed by atoms with Gasteiger partial charge in [-0.05, 0) is 52.7 Å². The molecule has 0 aliphatic heterocycles. The van der Waals surface area contributed by atoms with E-state index in [1.807, 2.05) is 6.07 Å². The third-order valence-electron chi connectivity index (χ3n) is 4.28. The van der Waals surface area contributed by atoms with Crippen LogP contribution in [0.15, 0.2) is 22.7 Å². The second-order valence-electron chi connectivity index (χ2n) is 5.63. The number of hydrogen-bond donors (Lipinski definition) is 2. The van der Waals surface area contributed by atoms with Crippen LogP contribution < -0.4 is 5.32 Å². The number of nitro groups is 1. The first-order chi connectivity index (χ1) is 10.1. The molecule has 1 aromatic carbocycles. The van der Waals surface area contributed by atoms with E-state index < -0.39 is 0 Å². The molecule has 6 heteroatoms. The maximum Gasteiger partial charge on any atom is 0.283 e.